The van der Waals surface area contributed by atoms with Crippen molar-refractivity contribution in [2.24, 2.45) is 5.41 Å². The molecule has 0 unspecified atom stereocenters. The van der Waals surface area contributed by atoms with Gasteiger partial charge in [-0.05, 0) is 66.1 Å². The minimum Gasteiger partial charge on any atom is -0.352 e. The highest BCUT2D eigenvalue weighted by atomic mass is 32.1. The maximum absolute atomic E-state index is 13.5. The first kappa shape index (κ1) is 28.0. The van der Waals surface area contributed by atoms with Crippen LogP contribution in [0, 0.1) is 12.3 Å². The number of fused-ring (bicyclic) bond motifs is 2. The number of nitrogens with one attached hydrogen (secondary N) is 1. The largest absolute Gasteiger partial charge is 0.352 e. The third-order valence-corrected chi connectivity index (χ3v) is 8.63. The van der Waals surface area contributed by atoms with Gasteiger partial charge in [0, 0.05) is 48.2 Å². The number of hydrogen-bond donors (Lipinski definition) is 1. The predicted octanol–water partition coefficient (Wildman–Crippen LogP) is 7.24. The van der Waals surface area contributed by atoms with Crippen LogP contribution < -0.4 is 10.2 Å². The minimum atomic E-state index is -0.151. The first-order valence-corrected chi connectivity index (χ1v) is 15.3. The third-order valence-electron chi connectivity index (χ3n) is 7.70. The zero-order valence-electron chi connectivity index (χ0n) is 25.1. The second kappa shape index (κ2) is 10.9. The number of thiazole rings is 1. The summed E-state index contributed by atoms with van der Waals surface area (Å²) in [6, 6.07) is 14.1. The van der Waals surface area contributed by atoms with Crippen LogP contribution in [0.5, 0.6) is 0 Å². The first-order valence-electron chi connectivity index (χ1n) is 14.5. The van der Waals surface area contributed by atoms with E-state index in [4.69, 9.17) is 10.1 Å². The molecule has 9 heteroatoms. The van der Waals surface area contributed by atoms with Gasteiger partial charge < -0.3 is 4.90 Å². The summed E-state index contributed by atoms with van der Waals surface area (Å²) in [5, 5.41) is 8.28. The Kier molecular flexibility index (Phi) is 7.30. The Morgan fingerprint density at radius 1 is 1.07 bits per heavy atom. The summed E-state index contributed by atoms with van der Waals surface area (Å²) < 4.78 is 3.05. The SMILES string of the molecule is Cc1c(-c2ccc(N3CCc4cccc(C(=O)Nc5nc6ncccc6s5)c4C3)nc2C(C)C)cnn1CC(C)(C)C. The lowest BCUT2D eigenvalue weighted by atomic mass is 9.94. The van der Waals surface area contributed by atoms with Crippen LogP contribution >= 0.6 is 11.3 Å². The Morgan fingerprint density at radius 3 is 2.67 bits per heavy atom. The van der Waals surface area contributed by atoms with Crippen molar-refractivity contribution in [3.8, 4) is 11.1 Å². The van der Waals surface area contributed by atoms with Gasteiger partial charge in [0.05, 0.1) is 16.6 Å². The normalized spacial score (nSPS) is 13.5. The molecule has 0 aliphatic carbocycles. The van der Waals surface area contributed by atoms with E-state index >= 15 is 0 Å². The van der Waals surface area contributed by atoms with Crippen molar-refractivity contribution in [3.63, 3.8) is 0 Å². The summed E-state index contributed by atoms with van der Waals surface area (Å²) in [6.07, 6.45) is 4.54. The van der Waals surface area contributed by atoms with Crippen LogP contribution in [0.4, 0.5) is 10.9 Å². The summed E-state index contributed by atoms with van der Waals surface area (Å²) in [5.41, 5.74) is 8.19. The highest BCUT2D eigenvalue weighted by Crippen LogP contribution is 2.34. The second-order valence-corrected chi connectivity index (χ2v) is 13.6. The molecule has 0 spiro atoms. The molecule has 0 bridgehead atoms. The molecule has 0 saturated heterocycles. The number of rotatable bonds is 6. The molecule has 4 aromatic heterocycles. The molecule has 0 atom stereocenters. The van der Waals surface area contributed by atoms with Crippen molar-refractivity contribution in [1.29, 1.82) is 0 Å². The van der Waals surface area contributed by atoms with Crippen LogP contribution in [0.25, 0.3) is 21.5 Å². The van der Waals surface area contributed by atoms with Gasteiger partial charge in [-0.25, -0.2) is 9.97 Å². The number of pyridine rings is 2. The number of amides is 1. The maximum atomic E-state index is 13.5. The van der Waals surface area contributed by atoms with E-state index in [1.165, 1.54) is 16.9 Å². The molecule has 0 radical (unpaired) electrons. The Labute approximate surface area is 250 Å². The molecule has 1 aliphatic heterocycles. The van der Waals surface area contributed by atoms with E-state index < -0.39 is 0 Å². The third kappa shape index (κ3) is 5.53. The number of nitrogens with zero attached hydrogens (tertiary/aromatic N) is 6. The Hall–Kier alpha value is -4.11. The molecule has 1 amide bonds. The van der Waals surface area contributed by atoms with Crippen LogP contribution in [0.1, 0.15) is 73.4 Å². The van der Waals surface area contributed by atoms with Crippen LogP contribution in [0.2, 0.25) is 0 Å². The standard InChI is InChI=1S/C33H37N7OS/c1-20(2)29-23(25-17-35-40(21(25)3)19-33(4,5)6)12-13-28(36-29)39-16-14-22-9-7-10-24(26(22)18-39)31(41)38-32-37-30-27(42-32)11-8-15-34-30/h7-13,15,17,20H,14,16,18-19H2,1-6H3,(H,34,37,38,41). The monoisotopic (exact) mass is 579 g/mol. The molecule has 5 heterocycles. The zero-order valence-corrected chi connectivity index (χ0v) is 25.9. The Bertz CT molecular complexity index is 1750. The molecule has 6 rings (SSSR count). The first-order chi connectivity index (χ1) is 20.1. The van der Waals surface area contributed by atoms with Gasteiger partial charge in [0.2, 0.25) is 0 Å². The summed E-state index contributed by atoms with van der Waals surface area (Å²) in [5.74, 6) is 1.02. The summed E-state index contributed by atoms with van der Waals surface area (Å²) in [6.45, 7) is 15.5. The molecule has 8 nitrogen and oxygen atoms in total. The summed E-state index contributed by atoms with van der Waals surface area (Å²) in [7, 11) is 0. The summed E-state index contributed by atoms with van der Waals surface area (Å²) >= 11 is 1.43. The van der Waals surface area contributed by atoms with Gasteiger partial charge in [-0.15, -0.1) is 0 Å². The lowest BCUT2D eigenvalue weighted by molar-refractivity contribution is 0.102. The van der Waals surface area contributed by atoms with E-state index in [0.29, 0.717) is 22.9 Å². The van der Waals surface area contributed by atoms with Gasteiger partial charge in [-0.3, -0.25) is 14.8 Å². The zero-order chi connectivity index (χ0) is 29.6. The molecular formula is C33H37N7OS. The lowest BCUT2D eigenvalue weighted by Crippen LogP contribution is -2.33. The van der Waals surface area contributed by atoms with Crippen molar-refractivity contribution < 1.29 is 4.79 Å². The number of carbonyl (C=O) groups is 1. The van der Waals surface area contributed by atoms with Crippen molar-refractivity contribution in [2.75, 3.05) is 16.8 Å². The van der Waals surface area contributed by atoms with Gasteiger partial charge in [-0.2, -0.15) is 10.1 Å². The van der Waals surface area contributed by atoms with Gasteiger partial charge in [0.25, 0.3) is 5.91 Å². The van der Waals surface area contributed by atoms with E-state index in [-0.39, 0.29) is 17.2 Å². The molecule has 5 aromatic rings. The molecule has 42 heavy (non-hydrogen) atoms. The average Bonchev–Trinajstić information content (AvgIpc) is 3.53. The molecule has 1 N–H and O–H groups in total. The van der Waals surface area contributed by atoms with Crippen LogP contribution in [0.15, 0.2) is 54.9 Å². The Morgan fingerprint density at radius 2 is 1.90 bits per heavy atom. The molecule has 1 aliphatic rings. The van der Waals surface area contributed by atoms with E-state index in [1.54, 1.807) is 6.20 Å². The van der Waals surface area contributed by atoms with E-state index in [1.807, 2.05) is 30.5 Å². The smallest absolute Gasteiger partial charge is 0.257 e. The van der Waals surface area contributed by atoms with E-state index in [9.17, 15) is 4.79 Å². The van der Waals surface area contributed by atoms with Gasteiger partial charge in [0.15, 0.2) is 10.8 Å². The predicted molar refractivity (Wildman–Crippen MR) is 170 cm³/mol. The molecule has 0 saturated carbocycles. The molecule has 1 aromatic carbocycles. The average molecular weight is 580 g/mol. The van der Waals surface area contributed by atoms with Gasteiger partial charge >= 0.3 is 0 Å². The number of benzene rings is 1. The number of aromatic nitrogens is 5. The highest BCUT2D eigenvalue weighted by molar-refractivity contribution is 7.22. The quantitative estimate of drug-likeness (QED) is 0.228. The van der Waals surface area contributed by atoms with Crippen molar-refractivity contribution >= 4 is 38.5 Å². The fraction of sp³-hybridized carbons (Fsp3) is 0.364. The molecule has 216 valence electrons. The number of hydrogen-bond acceptors (Lipinski definition) is 7. The fourth-order valence-electron chi connectivity index (χ4n) is 5.60. The van der Waals surface area contributed by atoms with Crippen LogP contribution in [0.3, 0.4) is 0 Å². The van der Waals surface area contributed by atoms with E-state index in [2.05, 4.69) is 84.6 Å². The van der Waals surface area contributed by atoms with Crippen molar-refractivity contribution in [3.05, 3.63) is 82.9 Å². The van der Waals surface area contributed by atoms with Crippen molar-refractivity contribution in [2.45, 2.75) is 67.0 Å². The topological polar surface area (TPSA) is 88.8 Å². The fourth-order valence-corrected chi connectivity index (χ4v) is 6.42. The lowest BCUT2D eigenvalue weighted by Gasteiger charge is -2.31. The summed E-state index contributed by atoms with van der Waals surface area (Å²) in [4.78, 5) is 29.7. The number of carbonyl (C=O) groups excluding carboxylic acids is 1. The van der Waals surface area contributed by atoms with Gasteiger partial charge in [0.1, 0.15) is 5.82 Å². The second-order valence-electron chi connectivity index (χ2n) is 12.5. The van der Waals surface area contributed by atoms with Crippen molar-refractivity contribution in [1.82, 2.24) is 24.7 Å². The van der Waals surface area contributed by atoms with E-state index in [0.717, 1.165) is 58.1 Å². The maximum Gasteiger partial charge on any atom is 0.257 e. The van der Waals surface area contributed by atoms with Crippen LogP contribution in [-0.2, 0) is 19.5 Å². The highest BCUT2D eigenvalue weighted by Gasteiger charge is 2.25. The Balaban J connectivity index is 1.27. The number of anilines is 2. The molecule has 0 fully saturated rings. The molecular weight excluding hydrogens is 542 g/mol. The van der Waals surface area contributed by atoms with Crippen LogP contribution in [-0.4, -0.2) is 37.2 Å². The minimum absolute atomic E-state index is 0.142. The van der Waals surface area contributed by atoms with Gasteiger partial charge in [-0.1, -0.05) is 58.1 Å².